The van der Waals surface area contributed by atoms with Crippen molar-refractivity contribution in [2.24, 2.45) is 11.7 Å². The van der Waals surface area contributed by atoms with Crippen molar-refractivity contribution in [1.29, 1.82) is 0 Å². The molecule has 1 aliphatic rings. The van der Waals surface area contributed by atoms with Gasteiger partial charge in [-0.1, -0.05) is 19.8 Å². The zero-order chi connectivity index (χ0) is 11.3. The molecule has 1 rings (SSSR count). The average Bonchev–Trinajstić information content (AvgIpc) is 2.16. The van der Waals surface area contributed by atoms with Gasteiger partial charge in [-0.2, -0.15) is 0 Å². The van der Waals surface area contributed by atoms with Crippen LogP contribution in [0.15, 0.2) is 0 Å². The second-order valence-electron chi connectivity index (χ2n) is 4.57. The maximum absolute atomic E-state index is 11.9. The van der Waals surface area contributed by atoms with Gasteiger partial charge in [-0.3, -0.25) is 4.79 Å². The molecule has 1 fully saturated rings. The summed E-state index contributed by atoms with van der Waals surface area (Å²) < 4.78 is 0. The molecular weight excluding hydrogens is 188 g/mol. The Morgan fingerprint density at radius 3 is 2.53 bits per heavy atom. The van der Waals surface area contributed by atoms with Crippen LogP contribution >= 0.6 is 0 Å². The van der Waals surface area contributed by atoms with E-state index in [4.69, 9.17) is 5.73 Å². The van der Waals surface area contributed by atoms with Crippen molar-refractivity contribution >= 4 is 5.91 Å². The highest BCUT2D eigenvalue weighted by Gasteiger charge is 2.25. The van der Waals surface area contributed by atoms with Crippen LogP contribution in [0.5, 0.6) is 0 Å². The number of nitrogens with two attached hydrogens (primary N) is 1. The minimum Gasteiger partial charge on any atom is -0.341 e. The van der Waals surface area contributed by atoms with Crippen molar-refractivity contribution in [3.63, 3.8) is 0 Å². The summed E-state index contributed by atoms with van der Waals surface area (Å²) in [6.45, 7) is 5.82. The SMILES string of the molecule is CCC[C@@H](N)C(=O)N(CC)CC1CCC1. The fourth-order valence-electron chi connectivity index (χ4n) is 2.03. The Kier molecular flexibility index (Phi) is 5.09. The number of carbonyl (C=O) groups excluding carboxylic acids is 1. The summed E-state index contributed by atoms with van der Waals surface area (Å²) in [6.07, 6.45) is 5.69. The van der Waals surface area contributed by atoms with E-state index >= 15 is 0 Å². The summed E-state index contributed by atoms with van der Waals surface area (Å²) in [6, 6.07) is -0.282. The molecule has 1 amide bonds. The minimum atomic E-state index is -0.282. The fraction of sp³-hybridized carbons (Fsp3) is 0.917. The summed E-state index contributed by atoms with van der Waals surface area (Å²) in [7, 11) is 0. The lowest BCUT2D eigenvalue weighted by Gasteiger charge is -2.33. The van der Waals surface area contributed by atoms with Gasteiger partial charge in [-0.15, -0.1) is 0 Å². The standard InChI is InChI=1S/C12H24N2O/c1-3-6-11(13)12(15)14(4-2)9-10-7-5-8-10/h10-11H,3-9,13H2,1-2H3/t11-/m1/s1. The molecule has 0 aliphatic heterocycles. The molecule has 15 heavy (non-hydrogen) atoms. The van der Waals surface area contributed by atoms with E-state index in [1.54, 1.807) is 0 Å². The van der Waals surface area contributed by atoms with Crippen LogP contribution in [0.4, 0.5) is 0 Å². The van der Waals surface area contributed by atoms with Gasteiger partial charge in [0.25, 0.3) is 0 Å². The summed E-state index contributed by atoms with van der Waals surface area (Å²) in [5, 5.41) is 0. The Bertz CT molecular complexity index is 202. The zero-order valence-corrected chi connectivity index (χ0v) is 10.0. The summed E-state index contributed by atoms with van der Waals surface area (Å²) in [5.41, 5.74) is 5.85. The first-order valence-electron chi connectivity index (χ1n) is 6.23. The lowest BCUT2D eigenvalue weighted by molar-refractivity contribution is -0.133. The van der Waals surface area contributed by atoms with Crippen molar-refractivity contribution < 1.29 is 4.79 Å². The first-order chi connectivity index (χ1) is 7.19. The second kappa shape index (κ2) is 6.11. The van der Waals surface area contributed by atoms with E-state index in [9.17, 15) is 4.79 Å². The van der Waals surface area contributed by atoms with E-state index in [0.717, 1.165) is 31.8 Å². The van der Waals surface area contributed by atoms with E-state index in [0.29, 0.717) is 0 Å². The largest absolute Gasteiger partial charge is 0.341 e. The number of nitrogens with zero attached hydrogens (tertiary/aromatic N) is 1. The highest BCUT2D eigenvalue weighted by atomic mass is 16.2. The van der Waals surface area contributed by atoms with E-state index < -0.39 is 0 Å². The average molecular weight is 212 g/mol. The zero-order valence-electron chi connectivity index (χ0n) is 10.0. The molecule has 0 aromatic heterocycles. The lowest BCUT2D eigenvalue weighted by atomic mass is 9.85. The number of amides is 1. The molecule has 0 unspecified atom stereocenters. The number of likely N-dealkylation sites (N-methyl/N-ethyl adjacent to an activating group) is 1. The second-order valence-corrected chi connectivity index (χ2v) is 4.57. The minimum absolute atomic E-state index is 0.145. The van der Waals surface area contributed by atoms with Crippen molar-refractivity contribution in [2.45, 2.75) is 52.0 Å². The van der Waals surface area contributed by atoms with Crippen LogP contribution in [-0.4, -0.2) is 29.9 Å². The maximum atomic E-state index is 11.9. The van der Waals surface area contributed by atoms with Crippen LogP contribution in [0.2, 0.25) is 0 Å². The molecule has 0 saturated heterocycles. The van der Waals surface area contributed by atoms with E-state index in [2.05, 4.69) is 6.92 Å². The first kappa shape index (κ1) is 12.5. The van der Waals surface area contributed by atoms with Gasteiger partial charge in [0.2, 0.25) is 5.91 Å². The fourth-order valence-corrected chi connectivity index (χ4v) is 2.03. The molecule has 0 radical (unpaired) electrons. The molecule has 0 bridgehead atoms. The Morgan fingerprint density at radius 1 is 1.47 bits per heavy atom. The Labute approximate surface area is 93.0 Å². The van der Waals surface area contributed by atoms with Crippen LogP contribution < -0.4 is 5.73 Å². The predicted octanol–water partition coefficient (Wildman–Crippen LogP) is 1.76. The summed E-state index contributed by atoms with van der Waals surface area (Å²) in [4.78, 5) is 13.9. The van der Waals surface area contributed by atoms with Gasteiger partial charge in [-0.25, -0.2) is 0 Å². The number of hydrogen-bond donors (Lipinski definition) is 1. The monoisotopic (exact) mass is 212 g/mol. The van der Waals surface area contributed by atoms with Crippen LogP contribution in [0, 0.1) is 5.92 Å². The quantitative estimate of drug-likeness (QED) is 0.729. The van der Waals surface area contributed by atoms with Gasteiger partial charge in [-0.05, 0) is 32.1 Å². The molecule has 0 spiro atoms. The topological polar surface area (TPSA) is 46.3 Å². The molecule has 88 valence electrons. The summed E-state index contributed by atoms with van der Waals surface area (Å²) in [5.74, 6) is 0.883. The molecule has 3 nitrogen and oxygen atoms in total. The highest BCUT2D eigenvalue weighted by Crippen LogP contribution is 2.27. The van der Waals surface area contributed by atoms with Crippen molar-refractivity contribution in [3.8, 4) is 0 Å². The normalized spacial score (nSPS) is 18.3. The van der Waals surface area contributed by atoms with Crippen LogP contribution in [0.3, 0.4) is 0 Å². The molecule has 1 atom stereocenters. The maximum Gasteiger partial charge on any atom is 0.239 e. The van der Waals surface area contributed by atoms with Crippen LogP contribution in [-0.2, 0) is 4.79 Å². The lowest BCUT2D eigenvalue weighted by Crippen LogP contribution is -2.46. The van der Waals surface area contributed by atoms with Gasteiger partial charge in [0, 0.05) is 13.1 Å². The van der Waals surface area contributed by atoms with Gasteiger partial charge < -0.3 is 10.6 Å². The van der Waals surface area contributed by atoms with Crippen molar-refractivity contribution in [2.75, 3.05) is 13.1 Å². The highest BCUT2D eigenvalue weighted by molar-refractivity contribution is 5.81. The molecule has 2 N–H and O–H groups in total. The molecule has 0 heterocycles. The van der Waals surface area contributed by atoms with Crippen LogP contribution in [0.1, 0.15) is 46.0 Å². The van der Waals surface area contributed by atoms with E-state index in [-0.39, 0.29) is 11.9 Å². The Morgan fingerprint density at radius 2 is 2.13 bits per heavy atom. The van der Waals surface area contributed by atoms with E-state index in [1.165, 1.54) is 19.3 Å². The molecule has 1 aliphatic carbocycles. The third kappa shape index (κ3) is 3.49. The first-order valence-corrected chi connectivity index (χ1v) is 6.23. The van der Waals surface area contributed by atoms with Crippen molar-refractivity contribution in [3.05, 3.63) is 0 Å². The van der Waals surface area contributed by atoms with Crippen LogP contribution in [0.25, 0.3) is 0 Å². The third-order valence-corrected chi connectivity index (χ3v) is 3.31. The number of carbonyl (C=O) groups is 1. The van der Waals surface area contributed by atoms with Gasteiger partial charge >= 0.3 is 0 Å². The molecule has 1 saturated carbocycles. The molecule has 0 aromatic rings. The number of hydrogen-bond acceptors (Lipinski definition) is 2. The predicted molar refractivity (Wildman–Crippen MR) is 62.5 cm³/mol. The molecular formula is C12H24N2O. The molecule has 0 aromatic carbocycles. The van der Waals surface area contributed by atoms with Gasteiger partial charge in [0.15, 0.2) is 0 Å². The Hall–Kier alpha value is -0.570. The van der Waals surface area contributed by atoms with E-state index in [1.807, 2.05) is 11.8 Å². The van der Waals surface area contributed by atoms with Gasteiger partial charge in [0.05, 0.1) is 6.04 Å². The van der Waals surface area contributed by atoms with Crippen molar-refractivity contribution in [1.82, 2.24) is 4.90 Å². The molecule has 3 heteroatoms. The Balaban J connectivity index is 2.37. The smallest absolute Gasteiger partial charge is 0.239 e. The van der Waals surface area contributed by atoms with Gasteiger partial charge in [0.1, 0.15) is 0 Å². The third-order valence-electron chi connectivity index (χ3n) is 3.31. The summed E-state index contributed by atoms with van der Waals surface area (Å²) >= 11 is 0. The number of rotatable bonds is 6.